The molecular formula is C15H19BrN2O3. The summed E-state index contributed by atoms with van der Waals surface area (Å²) in [6.07, 6.45) is 0.421. The zero-order valence-electron chi connectivity index (χ0n) is 12.4. The number of pyridine rings is 1. The first-order chi connectivity index (χ1) is 9.76. The molecule has 0 aliphatic carbocycles. The summed E-state index contributed by atoms with van der Waals surface area (Å²) in [7, 11) is 0. The van der Waals surface area contributed by atoms with E-state index in [4.69, 9.17) is 4.74 Å². The molecule has 0 saturated carbocycles. The molecule has 1 aromatic rings. The Morgan fingerprint density at radius 3 is 2.71 bits per heavy atom. The first kappa shape index (κ1) is 15.9. The van der Waals surface area contributed by atoms with Gasteiger partial charge >= 0.3 is 6.09 Å². The normalized spacial score (nSPS) is 19.5. The van der Waals surface area contributed by atoms with Gasteiger partial charge in [-0.15, -0.1) is 0 Å². The zero-order valence-corrected chi connectivity index (χ0v) is 14.0. The van der Waals surface area contributed by atoms with E-state index in [9.17, 15) is 9.59 Å². The van der Waals surface area contributed by atoms with E-state index in [1.54, 1.807) is 20.8 Å². The number of hydrogen-bond acceptors (Lipinski definition) is 4. The van der Waals surface area contributed by atoms with Gasteiger partial charge in [0.2, 0.25) is 5.91 Å². The molecule has 0 N–H and O–H groups in total. The Bertz CT molecular complexity index is 554. The van der Waals surface area contributed by atoms with Gasteiger partial charge in [-0.3, -0.25) is 4.79 Å². The van der Waals surface area contributed by atoms with Gasteiger partial charge in [0.1, 0.15) is 10.2 Å². The average Bonchev–Trinajstić information content (AvgIpc) is 2.36. The third-order valence-corrected chi connectivity index (χ3v) is 3.63. The second-order valence-electron chi connectivity index (χ2n) is 6.10. The summed E-state index contributed by atoms with van der Waals surface area (Å²) < 4.78 is 6.00. The molecule has 2 heterocycles. The number of nitrogens with zero attached hydrogens (tertiary/aromatic N) is 2. The van der Waals surface area contributed by atoms with Crippen molar-refractivity contribution in [2.45, 2.75) is 45.1 Å². The molecule has 1 saturated heterocycles. The lowest BCUT2D eigenvalue weighted by atomic mass is 9.93. The first-order valence-corrected chi connectivity index (χ1v) is 7.71. The molecule has 0 radical (unpaired) electrons. The van der Waals surface area contributed by atoms with Crippen LogP contribution in [-0.4, -0.2) is 34.0 Å². The highest BCUT2D eigenvalue weighted by molar-refractivity contribution is 9.10. The van der Waals surface area contributed by atoms with Crippen LogP contribution in [-0.2, 0) is 9.53 Å². The lowest BCUT2D eigenvalue weighted by Gasteiger charge is -2.31. The quantitative estimate of drug-likeness (QED) is 0.724. The molecule has 5 nitrogen and oxygen atoms in total. The van der Waals surface area contributed by atoms with E-state index in [2.05, 4.69) is 20.9 Å². The summed E-state index contributed by atoms with van der Waals surface area (Å²) in [6.45, 7) is 5.72. The van der Waals surface area contributed by atoms with Crippen LogP contribution in [0.4, 0.5) is 4.79 Å². The Morgan fingerprint density at radius 2 is 2.14 bits per heavy atom. The number of halogens is 1. The Morgan fingerprint density at radius 1 is 1.43 bits per heavy atom. The minimum atomic E-state index is -0.597. The molecule has 6 heteroatoms. The van der Waals surface area contributed by atoms with Crippen LogP contribution in [0.1, 0.15) is 45.2 Å². The van der Waals surface area contributed by atoms with Crippen molar-refractivity contribution in [1.82, 2.24) is 9.88 Å². The summed E-state index contributed by atoms with van der Waals surface area (Å²) in [5, 5.41) is 0. The lowest BCUT2D eigenvalue weighted by molar-refractivity contribution is -0.132. The van der Waals surface area contributed by atoms with Gasteiger partial charge in [0, 0.05) is 24.6 Å². The summed E-state index contributed by atoms with van der Waals surface area (Å²) in [4.78, 5) is 29.7. The van der Waals surface area contributed by atoms with Gasteiger partial charge in [0.05, 0.1) is 0 Å². The molecule has 0 spiro atoms. The number of carbonyl (C=O) groups excluding carboxylic acids is 2. The predicted molar refractivity (Wildman–Crippen MR) is 81.9 cm³/mol. The van der Waals surface area contributed by atoms with Gasteiger partial charge in [-0.1, -0.05) is 6.07 Å². The van der Waals surface area contributed by atoms with E-state index < -0.39 is 11.7 Å². The largest absolute Gasteiger partial charge is 0.443 e. The van der Waals surface area contributed by atoms with Crippen LogP contribution in [0.25, 0.3) is 0 Å². The van der Waals surface area contributed by atoms with Crippen molar-refractivity contribution in [3.8, 4) is 0 Å². The topological polar surface area (TPSA) is 59.5 Å². The van der Waals surface area contributed by atoms with Crippen molar-refractivity contribution in [1.29, 1.82) is 0 Å². The molecule has 2 amide bonds. The van der Waals surface area contributed by atoms with Crippen LogP contribution in [0.3, 0.4) is 0 Å². The maximum Gasteiger partial charge on any atom is 0.417 e. The predicted octanol–water partition coefficient (Wildman–Crippen LogP) is 3.49. The van der Waals surface area contributed by atoms with E-state index in [1.807, 2.05) is 18.2 Å². The van der Waals surface area contributed by atoms with E-state index in [-0.39, 0.29) is 18.2 Å². The van der Waals surface area contributed by atoms with E-state index in [1.165, 1.54) is 4.90 Å². The van der Waals surface area contributed by atoms with Crippen molar-refractivity contribution in [2.75, 3.05) is 6.54 Å². The van der Waals surface area contributed by atoms with Crippen molar-refractivity contribution in [3.63, 3.8) is 0 Å². The van der Waals surface area contributed by atoms with Crippen LogP contribution >= 0.6 is 15.9 Å². The molecule has 114 valence electrons. The number of carbonyl (C=O) groups is 2. The van der Waals surface area contributed by atoms with Crippen LogP contribution in [0.15, 0.2) is 22.8 Å². The first-order valence-electron chi connectivity index (χ1n) is 6.92. The molecule has 0 aromatic carbocycles. The Kier molecular flexibility index (Phi) is 4.66. The molecule has 1 aliphatic heterocycles. The molecule has 2 rings (SSSR count). The fourth-order valence-corrected chi connectivity index (χ4v) is 2.60. The van der Waals surface area contributed by atoms with E-state index >= 15 is 0 Å². The molecule has 1 aromatic heterocycles. The van der Waals surface area contributed by atoms with Gasteiger partial charge in [0.15, 0.2) is 0 Å². The van der Waals surface area contributed by atoms with Crippen LogP contribution in [0.2, 0.25) is 0 Å². The van der Waals surface area contributed by atoms with E-state index in [0.717, 1.165) is 10.3 Å². The van der Waals surface area contributed by atoms with Crippen LogP contribution in [0.5, 0.6) is 0 Å². The van der Waals surface area contributed by atoms with Crippen molar-refractivity contribution in [3.05, 3.63) is 28.5 Å². The highest BCUT2D eigenvalue weighted by Crippen LogP contribution is 2.29. The minimum absolute atomic E-state index is 0.0497. The van der Waals surface area contributed by atoms with Crippen LogP contribution in [0, 0.1) is 0 Å². The second-order valence-corrected chi connectivity index (χ2v) is 6.91. The Labute approximate surface area is 132 Å². The molecule has 21 heavy (non-hydrogen) atoms. The summed E-state index contributed by atoms with van der Waals surface area (Å²) in [5.74, 6) is -0.157. The Hall–Kier alpha value is -1.43. The minimum Gasteiger partial charge on any atom is -0.443 e. The monoisotopic (exact) mass is 354 g/mol. The van der Waals surface area contributed by atoms with Crippen LogP contribution < -0.4 is 0 Å². The maximum absolute atomic E-state index is 12.2. The second kappa shape index (κ2) is 6.13. The summed E-state index contributed by atoms with van der Waals surface area (Å²) in [6, 6.07) is 5.66. The zero-order chi connectivity index (χ0) is 15.6. The summed E-state index contributed by atoms with van der Waals surface area (Å²) >= 11 is 3.33. The van der Waals surface area contributed by atoms with E-state index in [0.29, 0.717) is 13.0 Å². The SMILES string of the molecule is CC(C)(C)OC(=O)N1CC[C@H](c2cccc(Br)n2)CC1=O. The van der Waals surface area contributed by atoms with Gasteiger partial charge < -0.3 is 4.74 Å². The number of imide groups is 1. The smallest absolute Gasteiger partial charge is 0.417 e. The highest BCUT2D eigenvalue weighted by Gasteiger charge is 2.33. The van der Waals surface area contributed by atoms with Gasteiger partial charge in [0.25, 0.3) is 0 Å². The third kappa shape index (κ3) is 4.27. The number of aromatic nitrogens is 1. The number of rotatable bonds is 1. The van der Waals surface area contributed by atoms with Crippen molar-refractivity contribution < 1.29 is 14.3 Å². The molecule has 1 fully saturated rings. The molecule has 1 atom stereocenters. The van der Waals surface area contributed by atoms with Gasteiger partial charge in [-0.2, -0.15) is 0 Å². The average molecular weight is 355 g/mol. The van der Waals surface area contributed by atoms with Gasteiger partial charge in [-0.25, -0.2) is 14.7 Å². The lowest BCUT2D eigenvalue weighted by Crippen LogP contribution is -2.45. The number of amides is 2. The maximum atomic E-state index is 12.2. The van der Waals surface area contributed by atoms with Crippen molar-refractivity contribution in [2.24, 2.45) is 0 Å². The Balaban J connectivity index is 2.02. The molecule has 1 aliphatic rings. The van der Waals surface area contributed by atoms with Gasteiger partial charge in [-0.05, 0) is 55.3 Å². The number of piperidine rings is 1. The summed E-state index contributed by atoms with van der Waals surface area (Å²) in [5.41, 5.74) is 0.279. The van der Waals surface area contributed by atoms with Crippen molar-refractivity contribution >= 4 is 27.9 Å². The molecule has 0 unspecified atom stereocenters. The number of ether oxygens (including phenoxy) is 1. The third-order valence-electron chi connectivity index (χ3n) is 3.19. The number of likely N-dealkylation sites (tertiary alicyclic amines) is 1. The highest BCUT2D eigenvalue weighted by atomic mass is 79.9. The molecule has 0 bridgehead atoms. The fourth-order valence-electron chi connectivity index (χ4n) is 2.25. The number of hydrogen-bond donors (Lipinski definition) is 0. The molecular weight excluding hydrogens is 336 g/mol. The standard InChI is InChI=1S/C15H19BrN2O3/c1-15(2,3)21-14(20)18-8-7-10(9-13(18)19)11-5-4-6-12(16)17-11/h4-6,10H,7-9H2,1-3H3/t10-/m0/s1. The fraction of sp³-hybridized carbons (Fsp3) is 0.533.